The third kappa shape index (κ3) is 2.18. The largest absolute Gasteiger partial charge is 0.457 e. The van der Waals surface area contributed by atoms with Crippen molar-refractivity contribution in [2.75, 3.05) is 5.32 Å². The summed E-state index contributed by atoms with van der Waals surface area (Å²) in [4.78, 5) is 11.3. The summed E-state index contributed by atoms with van der Waals surface area (Å²) in [5, 5.41) is 13.5. The third-order valence-corrected chi connectivity index (χ3v) is 4.05. The fourth-order valence-corrected chi connectivity index (χ4v) is 2.87. The van der Waals surface area contributed by atoms with Gasteiger partial charge in [0, 0.05) is 21.8 Å². The molecule has 1 unspecified atom stereocenters. The minimum Gasteiger partial charge on any atom is -0.457 e. The van der Waals surface area contributed by atoms with Gasteiger partial charge in [-0.2, -0.15) is 0 Å². The molecular formula is C13H9BrClNO3. The Bertz CT molecular complexity index is 668. The van der Waals surface area contributed by atoms with E-state index in [9.17, 15) is 9.90 Å². The normalized spacial score (nSPS) is 15.2. The Morgan fingerprint density at radius 2 is 2.21 bits per heavy atom. The molecule has 0 saturated heterocycles. The van der Waals surface area contributed by atoms with Crippen LogP contribution in [-0.4, -0.2) is 11.0 Å². The molecule has 1 amide bonds. The van der Waals surface area contributed by atoms with E-state index in [2.05, 4.69) is 21.2 Å². The van der Waals surface area contributed by atoms with Gasteiger partial charge in [-0.25, -0.2) is 0 Å². The molecule has 0 aliphatic carbocycles. The molecule has 2 aromatic rings. The van der Waals surface area contributed by atoms with Gasteiger partial charge in [0.05, 0.1) is 12.7 Å². The molecular weight excluding hydrogens is 334 g/mol. The smallest absolute Gasteiger partial charge is 0.228 e. The average Bonchev–Trinajstić information content (AvgIpc) is 2.92. The van der Waals surface area contributed by atoms with Crippen LogP contribution in [0.3, 0.4) is 0 Å². The summed E-state index contributed by atoms with van der Waals surface area (Å²) in [6.07, 6.45) is 0.884. The zero-order valence-corrected chi connectivity index (χ0v) is 12.0. The van der Waals surface area contributed by atoms with Crippen LogP contribution in [0.25, 0.3) is 0 Å². The standard InChI is InChI=1S/C13H9BrClNO3/c14-13-7(1-2-19-13)12(18)8-3-6-4-11(17)16-10(6)5-9(8)15/h1-3,5,12,18H,4H2,(H,16,17). The van der Waals surface area contributed by atoms with Crippen LogP contribution < -0.4 is 5.32 Å². The summed E-state index contributed by atoms with van der Waals surface area (Å²) < 4.78 is 5.57. The maximum atomic E-state index is 11.3. The van der Waals surface area contributed by atoms with Crippen molar-refractivity contribution >= 4 is 39.1 Å². The van der Waals surface area contributed by atoms with E-state index in [-0.39, 0.29) is 5.91 Å². The van der Waals surface area contributed by atoms with Crippen molar-refractivity contribution < 1.29 is 14.3 Å². The second kappa shape index (κ2) is 4.67. The lowest BCUT2D eigenvalue weighted by Gasteiger charge is -2.13. The molecule has 4 nitrogen and oxygen atoms in total. The topological polar surface area (TPSA) is 62.5 Å². The molecule has 6 heteroatoms. The fraction of sp³-hybridized carbons (Fsp3) is 0.154. The van der Waals surface area contributed by atoms with Crippen molar-refractivity contribution in [3.05, 3.63) is 50.8 Å². The highest BCUT2D eigenvalue weighted by Gasteiger charge is 2.24. The number of rotatable bonds is 2. The Labute approximate surface area is 122 Å². The molecule has 0 saturated carbocycles. The van der Waals surface area contributed by atoms with Crippen molar-refractivity contribution in [1.82, 2.24) is 0 Å². The van der Waals surface area contributed by atoms with Crippen LogP contribution in [0.4, 0.5) is 5.69 Å². The van der Waals surface area contributed by atoms with Gasteiger partial charge in [0.2, 0.25) is 5.91 Å². The Kier molecular flexibility index (Phi) is 3.12. The number of carbonyl (C=O) groups is 1. The Morgan fingerprint density at radius 1 is 1.42 bits per heavy atom. The number of nitrogens with one attached hydrogen (secondary N) is 1. The lowest BCUT2D eigenvalue weighted by atomic mass is 10.0. The highest BCUT2D eigenvalue weighted by atomic mass is 79.9. The zero-order valence-electron chi connectivity index (χ0n) is 9.61. The van der Waals surface area contributed by atoms with E-state index in [4.69, 9.17) is 16.0 Å². The maximum absolute atomic E-state index is 11.3. The molecule has 1 aliphatic rings. The number of fused-ring (bicyclic) bond motifs is 1. The average molecular weight is 343 g/mol. The quantitative estimate of drug-likeness (QED) is 0.880. The van der Waals surface area contributed by atoms with E-state index in [1.54, 1.807) is 18.2 Å². The number of benzene rings is 1. The third-order valence-electron chi connectivity index (χ3n) is 3.08. The number of anilines is 1. The number of aliphatic hydroxyl groups excluding tert-OH is 1. The van der Waals surface area contributed by atoms with Crippen LogP contribution in [0, 0.1) is 0 Å². The van der Waals surface area contributed by atoms with Crippen molar-refractivity contribution in [2.45, 2.75) is 12.5 Å². The molecule has 98 valence electrons. The van der Waals surface area contributed by atoms with E-state index in [0.29, 0.717) is 32.9 Å². The van der Waals surface area contributed by atoms with Crippen LogP contribution in [0.15, 0.2) is 33.5 Å². The van der Waals surface area contributed by atoms with Crippen LogP contribution in [0.5, 0.6) is 0 Å². The van der Waals surface area contributed by atoms with Crippen LogP contribution in [-0.2, 0) is 11.2 Å². The zero-order chi connectivity index (χ0) is 13.6. The van der Waals surface area contributed by atoms with Gasteiger partial charge in [0.15, 0.2) is 4.67 Å². The van der Waals surface area contributed by atoms with Gasteiger partial charge in [-0.1, -0.05) is 11.6 Å². The molecule has 0 radical (unpaired) electrons. The minimum atomic E-state index is -0.901. The Hall–Kier alpha value is -1.30. The fourth-order valence-electron chi connectivity index (χ4n) is 2.14. The number of halogens is 2. The molecule has 1 aromatic heterocycles. The second-order valence-electron chi connectivity index (χ2n) is 4.31. The predicted molar refractivity (Wildman–Crippen MR) is 74.3 cm³/mol. The highest BCUT2D eigenvalue weighted by Crippen LogP contribution is 2.37. The summed E-state index contributed by atoms with van der Waals surface area (Å²) in [7, 11) is 0. The van der Waals surface area contributed by atoms with Gasteiger partial charge >= 0.3 is 0 Å². The van der Waals surface area contributed by atoms with Gasteiger partial charge in [0.1, 0.15) is 6.10 Å². The van der Waals surface area contributed by atoms with Gasteiger partial charge in [-0.15, -0.1) is 0 Å². The first-order chi connectivity index (χ1) is 9.06. The maximum Gasteiger partial charge on any atom is 0.228 e. The summed E-state index contributed by atoms with van der Waals surface area (Å²) in [5.74, 6) is -0.0674. The Morgan fingerprint density at radius 3 is 2.89 bits per heavy atom. The van der Waals surface area contributed by atoms with Gasteiger partial charge in [0.25, 0.3) is 0 Å². The van der Waals surface area contributed by atoms with Crippen LogP contribution in [0.2, 0.25) is 5.02 Å². The van der Waals surface area contributed by atoms with E-state index in [1.165, 1.54) is 6.26 Å². The first kappa shape index (κ1) is 12.7. The van der Waals surface area contributed by atoms with Gasteiger partial charge < -0.3 is 14.8 Å². The predicted octanol–water partition coefficient (Wildman–Crippen LogP) is 3.27. The molecule has 0 bridgehead atoms. The van der Waals surface area contributed by atoms with Crippen molar-refractivity contribution in [2.24, 2.45) is 0 Å². The molecule has 0 fully saturated rings. The Balaban J connectivity index is 2.05. The lowest BCUT2D eigenvalue weighted by molar-refractivity contribution is -0.115. The summed E-state index contributed by atoms with van der Waals surface area (Å²) >= 11 is 9.39. The van der Waals surface area contributed by atoms with Crippen molar-refractivity contribution in [1.29, 1.82) is 0 Å². The number of hydrogen-bond acceptors (Lipinski definition) is 3. The second-order valence-corrected chi connectivity index (χ2v) is 5.44. The van der Waals surface area contributed by atoms with Crippen molar-refractivity contribution in [3.63, 3.8) is 0 Å². The summed E-state index contributed by atoms with van der Waals surface area (Å²) in [6.45, 7) is 0. The summed E-state index contributed by atoms with van der Waals surface area (Å²) in [6, 6.07) is 5.08. The van der Waals surface area contributed by atoms with Gasteiger partial charge in [-0.3, -0.25) is 4.79 Å². The monoisotopic (exact) mass is 341 g/mol. The highest BCUT2D eigenvalue weighted by molar-refractivity contribution is 9.10. The minimum absolute atomic E-state index is 0.0674. The molecule has 1 atom stereocenters. The number of amides is 1. The first-order valence-electron chi connectivity index (χ1n) is 5.59. The number of furan rings is 1. The number of aliphatic hydroxyl groups is 1. The molecule has 3 rings (SSSR count). The van der Waals surface area contributed by atoms with Crippen LogP contribution >= 0.6 is 27.5 Å². The van der Waals surface area contributed by atoms with Gasteiger partial charge in [-0.05, 0) is 39.7 Å². The molecule has 1 aromatic carbocycles. The molecule has 2 N–H and O–H groups in total. The van der Waals surface area contributed by atoms with E-state index < -0.39 is 6.10 Å². The number of hydrogen-bond donors (Lipinski definition) is 2. The van der Waals surface area contributed by atoms with Crippen molar-refractivity contribution in [3.8, 4) is 0 Å². The van der Waals surface area contributed by atoms with Crippen LogP contribution in [0.1, 0.15) is 22.8 Å². The van der Waals surface area contributed by atoms with E-state index in [1.807, 2.05) is 0 Å². The van der Waals surface area contributed by atoms with E-state index in [0.717, 1.165) is 5.56 Å². The molecule has 0 spiro atoms. The lowest BCUT2D eigenvalue weighted by Crippen LogP contribution is -2.03. The van der Waals surface area contributed by atoms with E-state index >= 15 is 0 Å². The first-order valence-corrected chi connectivity index (χ1v) is 6.76. The summed E-state index contributed by atoms with van der Waals surface area (Å²) in [5.41, 5.74) is 2.69. The molecule has 2 heterocycles. The number of carbonyl (C=O) groups excluding carboxylic acids is 1. The SMILES string of the molecule is O=C1Cc2cc(C(O)c3ccoc3Br)c(Cl)cc2N1. The molecule has 19 heavy (non-hydrogen) atoms. The molecule has 1 aliphatic heterocycles.